The van der Waals surface area contributed by atoms with Crippen LogP contribution in [0, 0.1) is 11.8 Å². The van der Waals surface area contributed by atoms with Gasteiger partial charge in [-0.05, 0) is 50.2 Å². The van der Waals surface area contributed by atoms with Gasteiger partial charge < -0.3 is 30.8 Å². The number of hydrogen-bond acceptors (Lipinski definition) is 6. The molecule has 6 N–H and O–H groups in total. The summed E-state index contributed by atoms with van der Waals surface area (Å²) >= 11 is 0. The number of aliphatic hydroxyl groups excluding tert-OH is 2. The summed E-state index contributed by atoms with van der Waals surface area (Å²) in [5.41, 5.74) is 5.45. The molecule has 8 nitrogen and oxygen atoms in total. The molecule has 0 fully saturated rings. The number of aromatic amines is 2. The van der Waals surface area contributed by atoms with Crippen LogP contribution in [0.5, 0.6) is 0 Å². The lowest BCUT2D eigenvalue weighted by Crippen LogP contribution is -2.24. The number of imidazole rings is 2. The molecule has 2 atom stereocenters. The van der Waals surface area contributed by atoms with Crippen molar-refractivity contribution in [2.45, 2.75) is 39.1 Å². The fourth-order valence-electron chi connectivity index (χ4n) is 3.39. The number of nitrogens with zero attached hydrogens (tertiary/aromatic N) is 2. The van der Waals surface area contributed by atoms with Crippen LogP contribution in [0.2, 0.25) is 0 Å². The molecule has 0 saturated heterocycles. The Labute approximate surface area is 186 Å². The van der Waals surface area contributed by atoms with E-state index in [4.69, 9.17) is 0 Å². The van der Waals surface area contributed by atoms with Crippen molar-refractivity contribution in [3.05, 3.63) is 59.2 Å². The summed E-state index contributed by atoms with van der Waals surface area (Å²) in [6, 6.07) is 11.8. The summed E-state index contributed by atoms with van der Waals surface area (Å²) in [5, 5.41) is 25.0. The minimum atomic E-state index is -0.388. The Morgan fingerprint density at radius 1 is 0.781 bits per heavy atom. The Hall–Kier alpha value is -3.22. The smallest absolute Gasteiger partial charge is 0.121 e. The van der Waals surface area contributed by atoms with Gasteiger partial charge in [-0.3, -0.25) is 0 Å². The Morgan fingerprint density at radius 3 is 1.62 bits per heavy atom. The zero-order valence-electron chi connectivity index (χ0n) is 18.2. The van der Waals surface area contributed by atoms with Gasteiger partial charge in [0.1, 0.15) is 11.6 Å². The lowest BCUT2D eigenvalue weighted by atomic mass is 10.1. The van der Waals surface area contributed by atoms with E-state index >= 15 is 0 Å². The van der Waals surface area contributed by atoms with Crippen molar-refractivity contribution < 1.29 is 10.2 Å². The van der Waals surface area contributed by atoms with E-state index in [0.717, 1.165) is 44.8 Å². The molecule has 0 aliphatic carbocycles. The molecule has 0 aliphatic rings. The molecule has 0 radical (unpaired) electrons. The van der Waals surface area contributed by atoms with E-state index in [1.54, 1.807) is 13.8 Å². The zero-order chi connectivity index (χ0) is 22.5. The van der Waals surface area contributed by atoms with E-state index in [1.165, 1.54) is 0 Å². The maximum Gasteiger partial charge on any atom is 0.121 e. The van der Waals surface area contributed by atoms with Crippen molar-refractivity contribution in [1.29, 1.82) is 0 Å². The Bertz CT molecular complexity index is 1170. The molecule has 166 valence electrons. The van der Waals surface area contributed by atoms with E-state index in [-0.39, 0.29) is 12.2 Å². The summed E-state index contributed by atoms with van der Waals surface area (Å²) in [5.74, 6) is 8.09. The SMILES string of the molecule is CC(O)CNCc1nc2ccc(C#Cc3ccc4nc(CNC[C@@H](C)O)[nH]c4c3)cc2[nH]1. The lowest BCUT2D eigenvalue weighted by molar-refractivity contribution is 0.190. The van der Waals surface area contributed by atoms with Crippen LogP contribution in [-0.2, 0) is 13.1 Å². The highest BCUT2D eigenvalue weighted by Gasteiger charge is 2.05. The fourth-order valence-corrected chi connectivity index (χ4v) is 3.39. The number of rotatable bonds is 8. The van der Waals surface area contributed by atoms with E-state index < -0.39 is 0 Å². The molecule has 2 aromatic carbocycles. The van der Waals surface area contributed by atoms with Crippen molar-refractivity contribution >= 4 is 22.1 Å². The van der Waals surface area contributed by atoms with Crippen LogP contribution >= 0.6 is 0 Å². The van der Waals surface area contributed by atoms with Gasteiger partial charge in [-0.25, -0.2) is 9.97 Å². The van der Waals surface area contributed by atoms with Gasteiger partial charge in [-0.1, -0.05) is 11.8 Å². The van der Waals surface area contributed by atoms with Gasteiger partial charge in [-0.15, -0.1) is 0 Å². The van der Waals surface area contributed by atoms with Gasteiger partial charge in [0.15, 0.2) is 0 Å². The molecule has 8 heteroatoms. The van der Waals surface area contributed by atoms with Crippen molar-refractivity contribution in [3.63, 3.8) is 0 Å². The van der Waals surface area contributed by atoms with Crippen LogP contribution in [0.3, 0.4) is 0 Å². The Kier molecular flexibility index (Phi) is 6.83. The van der Waals surface area contributed by atoms with Gasteiger partial charge in [-0.2, -0.15) is 0 Å². The minimum absolute atomic E-state index is 0.388. The van der Waals surface area contributed by atoms with Gasteiger partial charge in [0.25, 0.3) is 0 Å². The molecule has 0 aliphatic heterocycles. The first-order valence-corrected chi connectivity index (χ1v) is 10.7. The molecule has 4 aromatic rings. The van der Waals surface area contributed by atoms with Crippen LogP contribution in [0.25, 0.3) is 22.1 Å². The number of benzene rings is 2. The third kappa shape index (κ3) is 5.72. The third-order valence-corrected chi connectivity index (χ3v) is 4.88. The summed E-state index contributed by atoms with van der Waals surface area (Å²) in [4.78, 5) is 15.7. The first kappa shape index (κ1) is 22.0. The molecule has 32 heavy (non-hydrogen) atoms. The topological polar surface area (TPSA) is 122 Å². The van der Waals surface area contributed by atoms with Crippen LogP contribution < -0.4 is 10.6 Å². The van der Waals surface area contributed by atoms with Crippen molar-refractivity contribution in [3.8, 4) is 11.8 Å². The molecule has 2 heterocycles. The number of aliphatic hydroxyl groups is 2. The van der Waals surface area contributed by atoms with Crippen molar-refractivity contribution in [1.82, 2.24) is 30.6 Å². The summed E-state index contributed by atoms with van der Waals surface area (Å²) in [6.45, 7) is 5.68. The second-order valence-electron chi connectivity index (χ2n) is 8.04. The first-order valence-electron chi connectivity index (χ1n) is 10.7. The number of nitrogens with one attached hydrogen (secondary N) is 4. The maximum absolute atomic E-state index is 9.35. The van der Waals surface area contributed by atoms with Gasteiger partial charge in [0.2, 0.25) is 0 Å². The van der Waals surface area contributed by atoms with Gasteiger partial charge >= 0.3 is 0 Å². The largest absolute Gasteiger partial charge is 0.392 e. The third-order valence-electron chi connectivity index (χ3n) is 4.88. The van der Waals surface area contributed by atoms with Crippen LogP contribution in [0.4, 0.5) is 0 Å². The molecule has 2 aromatic heterocycles. The van der Waals surface area contributed by atoms with Gasteiger partial charge in [0, 0.05) is 24.2 Å². The number of aromatic nitrogens is 4. The van der Waals surface area contributed by atoms with Gasteiger partial charge in [0.05, 0.1) is 47.4 Å². The zero-order valence-corrected chi connectivity index (χ0v) is 18.2. The maximum atomic E-state index is 9.35. The number of H-pyrrole nitrogens is 2. The molecule has 0 amide bonds. The molecule has 1 unspecified atom stereocenters. The van der Waals surface area contributed by atoms with Crippen LogP contribution in [0.1, 0.15) is 36.6 Å². The highest BCUT2D eigenvalue weighted by atomic mass is 16.3. The summed E-state index contributed by atoms with van der Waals surface area (Å²) in [7, 11) is 0. The molecule has 4 rings (SSSR count). The monoisotopic (exact) mass is 432 g/mol. The predicted octanol–water partition coefficient (Wildman–Crippen LogP) is 1.78. The lowest BCUT2D eigenvalue weighted by Gasteiger charge is -2.03. The first-order chi connectivity index (χ1) is 15.5. The molecule has 0 saturated carbocycles. The standard InChI is InChI=1S/C24H28N6O2/c1-15(31)11-25-13-23-27-19-7-5-17(9-21(19)29-23)3-4-18-6-8-20-22(10-18)30-24(28-20)14-26-12-16(2)32/h5-10,15-16,25-26,31-32H,11-14H2,1-2H3,(H,27,29)(H,28,30)/t15-,16?/m1/s1. The molecular weight excluding hydrogens is 404 g/mol. The van der Waals surface area contributed by atoms with Crippen molar-refractivity contribution in [2.24, 2.45) is 0 Å². The van der Waals surface area contributed by atoms with Crippen LogP contribution in [-0.4, -0.2) is 55.4 Å². The quantitative estimate of drug-likeness (QED) is 0.236. The highest BCUT2D eigenvalue weighted by Crippen LogP contribution is 2.15. The summed E-state index contributed by atoms with van der Waals surface area (Å²) < 4.78 is 0. The average Bonchev–Trinajstić information content (AvgIpc) is 3.33. The Balaban J connectivity index is 1.45. The van der Waals surface area contributed by atoms with E-state index in [0.29, 0.717) is 26.2 Å². The van der Waals surface area contributed by atoms with Crippen molar-refractivity contribution in [2.75, 3.05) is 13.1 Å². The second-order valence-corrected chi connectivity index (χ2v) is 8.04. The van der Waals surface area contributed by atoms with E-state index in [1.807, 2.05) is 36.4 Å². The number of fused-ring (bicyclic) bond motifs is 2. The molecule has 0 spiro atoms. The highest BCUT2D eigenvalue weighted by molar-refractivity contribution is 5.78. The fraction of sp³-hybridized carbons (Fsp3) is 0.333. The van der Waals surface area contributed by atoms with E-state index in [9.17, 15) is 10.2 Å². The predicted molar refractivity (Wildman–Crippen MR) is 125 cm³/mol. The second kappa shape index (κ2) is 9.94. The van der Waals surface area contributed by atoms with Crippen LogP contribution in [0.15, 0.2) is 36.4 Å². The normalized spacial score (nSPS) is 13.2. The Morgan fingerprint density at radius 2 is 1.22 bits per heavy atom. The molecular formula is C24H28N6O2. The number of hydrogen-bond donors (Lipinski definition) is 6. The molecule has 0 bridgehead atoms. The average molecular weight is 433 g/mol. The van der Waals surface area contributed by atoms with E-state index in [2.05, 4.69) is 42.4 Å². The minimum Gasteiger partial charge on any atom is -0.392 e. The summed E-state index contributed by atoms with van der Waals surface area (Å²) in [6.07, 6.45) is -0.777.